The first-order valence-corrected chi connectivity index (χ1v) is 8.01. The average Bonchev–Trinajstić information content (AvgIpc) is 2.92. The van der Waals surface area contributed by atoms with Crippen molar-refractivity contribution in [3.8, 4) is 0 Å². The molecule has 2 aromatic rings. The van der Waals surface area contributed by atoms with Crippen LogP contribution in [-0.4, -0.2) is 17.6 Å². The van der Waals surface area contributed by atoms with Gasteiger partial charge >= 0.3 is 5.97 Å². The maximum atomic E-state index is 10.9. The molecule has 0 saturated carbocycles. The number of hydrogen-bond donors (Lipinski definition) is 1. The van der Waals surface area contributed by atoms with Crippen LogP contribution in [0.3, 0.4) is 0 Å². The van der Waals surface area contributed by atoms with Crippen LogP contribution in [-0.2, 0) is 17.8 Å². The Balaban J connectivity index is 2.14. The summed E-state index contributed by atoms with van der Waals surface area (Å²) in [4.78, 5) is 15.6. The molecule has 1 aromatic heterocycles. The summed E-state index contributed by atoms with van der Waals surface area (Å²) in [5.41, 5.74) is 2.29. The van der Waals surface area contributed by atoms with Gasteiger partial charge in [0.15, 0.2) is 0 Å². The predicted octanol–water partition coefficient (Wildman–Crippen LogP) is 4.10. The third kappa shape index (κ3) is 4.60. The van der Waals surface area contributed by atoms with Crippen molar-refractivity contribution in [3.63, 3.8) is 0 Å². The highest BCUT2D eigenvalue weighted by Gasteiger charge is 2.11. The van der Waals surface area contributed by atoms with E-state index >= 15 is 0 Å². The zero-order chi connectivity index (χ0) is 15.2. The summed E-state index contributed by atoms with van der Waals surface area (Å²) in [5.74, 6) is -0.757. The highest BCUT2D eigenvalue weighted by atomic mass is 32.1. The molecular formula is C17H21NO2S. The van der Waals surface area contributed by atoms with Crippen molar-refractivity contribution in [2.24, 2.45) is 0 Å². The van der Waals surface area contributed by atoms with Gasteiger partial charge in [-0.2, -0.15) is 0 Å². The Labute approximate surface area is 129 Å². The number of carboxylic acid groups (broad SMARTS) is 1. The van der Waals surface area contributed by atoms with Gasteiger partial charge in [-0.1, -0.05) is 24.6 Å². The van der Waals surface area contributed by atoms with E-state index in [0.717, 1.165) is 18.7 Å². The molecule has 0 aliphatic carbocycles. The van der Waals surface area contributed by atoms with Crippen LogP contribution in [0.2, 0.25) is 0 Å². The zero-order valence-corrected chi connectivity index (χ0v) is 13.3. The number of carbonyl (C=O) groups is 1. The molecule has 4 heteroatoms. The van der Waals surface area contributed by atoms with E-state index in [1.807, 2.05) is 0 Å². The lowest BCUT2D eigenvalue weighted by molar-refractivity contribution is -0.136. The van der Waals surface area contributed by atoms with E-state index in [1.165, 1.54) is 15.3 Å². The second-order valence-corrected chi connectivity index (χ2v) is 6.38. The summed E-state index contributed by atoms with van der Waals surface area (Å²) in [6.45, 7) is 5.49. The first kappa shape index (κ1) is 15.6. The van der Waals surface area contributed by atoms with Gasteiger partial charge < -0.3 is 10.0 Å². The van der Waals surface area contributed by atoms with E-state index in [2.05, 4.69) is 55.1 Å². The molecule has 0 spiro atoms. The minimum absolute atomic E-state index is 0.153. The molecular weight excluding hydrogens is 282 g/mol. The molecule has 0 amide bonds. The highest BCUT2D eigenvalue weighted by Crippen LogP contribution is 2.23. The number of rotatable bonds is 7. The lowest BCUT2D eigenvalue weighted by atomic mass is 10.2. The third-order valence-corrected chi connectivity index (χ3v) is 4.62. The van der Waals surface area contributed by atoms with Crippen molar-refractivity contribution in [1.82, 2.24) is 0 Å². The fraction of sp³-hybridized carbons (Fsp3) is 0.353. The topological polar surface area (TPSA) is 40.5 Å². The number of carboxylic acids is 1. The molecule has 3 nitrogen and oxygen atoms in total. The molecule has 0 unspecified atom stereocenters. The van der Waals surface area contributed by atoms with Crippen molar-refractivity contribution >= 4 is 23.0 Å². The lowest BCUT2D eigenvalue weighted by Gasteiger charge is -2.23. The van der Waals surface area contributed by atoms with E-state index in [1.54, 1.807) is 11.3 Å². The summed E-state index contributed by atoms with van der Waals surface area (Å²) in [7, 11) is 0. The minimum atomic E-state index is -0.757. The number of aryl methyl sites for hydroxylation is 2. The standard InChI is InChI=1S/C17H21NO2S/c1-3-15-8-9-16(21-15)12-18(11-10-17(19)20)14-6-4-13(2)5-7-14/h4-9H,3,10-12H2,1-2H3,(H,19,20). The first-order valence-electron chi connectivity index (χ1n) is 7.19. The number of benzene rings is 1. The molecule has 2 rings (SSSR count). The van der Waals surface area contributed by atoms with Crippen molar-refractivity contribution in [2.45, 2.75) is 33.2 Å². The van der Waals surface area contributed by atoms with Gasteiger partial charge in [-0.25, -0.2) is 0 Å². The van der Waals surface area contributed by atoms with Crippen molar-refractivity contribution < 1.29 is 9.90 Å². The summed E-state index contributed by atoms with van der Waals surface area (Å²) in [5, 5.41) is 8.94. The monoisotopic (exact) mass is 303 g/mol. The molecule has 0 radical (unpaired) electrons. The smallest absolute Gasteiger partial charge is 0.305 e. The molecule has 21 heavy (non-hydrogen) atoms. The first-order chi connectivity index (χ1) is 10.1. The van der Waals surface area contributed by atoms with E-state index in [-0.39, 0.29) is 6.42 Å². The van der Waals surface area contributed by atoms with Gasteiger partial charge in [0, 0.05) is 22.0 Å². The van der Waals surface area contributed by atoms with Crippen molar-refractivity contribution in [1.29, 1.82) is 0 Å². The maximum absolute atomic E-state index is 10.9. The summed E-state index contributed by atoms with van der Waals surface area (Å²) < 4.78 is 0. The Morgan fingerprint density at radius 2 is 1.81 bits per heavy atom. The van der Waals surface area contributed by atoms with E-state index in [0.29, 0.717) is 6.54 Å². The molecule has 1 heterocycles. The summed E-state index contributed by atoms with van der Waals surface area (Å²) in [6.07, 6.45) is 1.20. The quantitative estimate of drug-likeness (QED) is 0.837. The Hall–Kier alpha value is -1.81. The SMILES string of the molecule is CCc1ccc(CN(CCC(=O)O)c2ccc(C)cc2)s1. The fourth-order valence-electron chi connectivity index (χ4n) is 2.17. The molecule has 0 aliphatic heterocycles. The Morgan fingerprint density at radius 3 is 2.38 bits per heavy atom. The molecule has 1 N–H and O–H groups in total. The second kappa shape index (κ2) is 7.27. The Bertz CT molecular complexity index is 589. The van der Waals surface area contributed by atoms with Crippen LogP contribution < -0.4 is 4.90 Å². The van der Waals surface area contributed by atoms with E-state index in [4.69, 9.17) is 5.11 Å². The van der Waals surface area contributed by atoms with Crippen molar-refractivity contribution in [3.05, 3.63) is 51.7 Å². The van der Waals surface area contributed by atoms with Gasteiger partial charge in [0.1, 0.15) is 0 Å². The van der Waals surface area contributed by atoms with Crippen LogP contribution in [0.15, 0.2) is 36.4 Å². The molecule has 0 fully saturated rings. The van der Waals surface area contributed by atoms with Gasteiger partial charge in [-0.05, 0) is 37.6 Å². The fourth-order valence-corrected chi connectivity index (χ4v) is 3.14. The molecule has 112 valence electrons. The molecule has 0 aliphatic rings. The number of hydrogen-bond acceptors (Lipinski definition) is 3. The Morgan fingerprint density at radius 1 is 1.14 bits per heavy atom. The van der Waals surface area contributed by atoms with E-state index in [9.17, 15) is 4.79 Å². The molecule has 0 atom stereocenters. The maximum Gasteiger partial charge on any atom is 0.305 e. The van der Waals surface area contributed by atoms with Gasteiger partial charge in [-0.3, -0.25) is 4.79 Å². The van der Waals surface area contributed by atoms with Crippen LogP contribution in [0.4, 0.5) is 5.69 Å². The molecule has 0 bridgehead atoms. The van der Waals surface area contributed by atoms with Crippen LogP contribution in [0.25, 0.3) is 0 Å². The second-order valence-electron chi connectivity index (χ2n) is 5.12. The summed E-state index contributed by atoms with van der Waals surface area (Å²) >= 11 is 1.80. The lowest BCUT2D eigenvalue weighted by Crippen LogP contribution is -2.25. The van der Waals surface area contributed by atoms with Gasteiger partial charge in [0.25, 0.3) is 0 Å². The number of thiophene rings is 1. The number of aliphatic carboxylic acids is 1. The van der Waals surface area contributed by atoms with Crippen molar-refractivity contribution in [2.75, 3.05) is 11.4 Å². The highest BCUT2D eigenvalue weighted by molar-refractivity contribution is 7.12. The van der Waals surface area contributed by atoms with Gasteiger partial charge in [-0.15, -0.1) is 11.3 Å². The minimum Gasteiger partial charge on any atom is -0.481 e. The summed E-state index contributed by atoms with van der Waals surface area (Å²) in [6, 6.07) is 12.6. The predicted molar refractivity (Wildman–Crippen MR) is 88.2 cm³/mol. The average molecular weight is 303 g/mol. The van der Waals surface area contributed by atoms with Crippen LogP contribution in [0.1, 0.15) is 28.7 Å². The largest absolute Gasteiger partial charge is 0.481 e. The van der Waals surface area contributed by atoms with E-state index < -0.39 is 5.97 Å². The van der Waals surface area contributed by atoms with Crippen LogP contribution in [0.5, 0.6) is 0 Å². The normalized spacial score (nSPS) is 10.6. The van der Waals surface area contributed by atoms with Crippen LogP contribution >= 0.6 is 11.3 Å². The Kier molecular flexibility index (Phi) is 5.39. The molecule has 1 aromatic carbocycles. The number of anilines is 1. The molecule has 0 saturated heterocycles. The third-order valence-electron chi connectivity index (χ3n) is 3.41. The van der Waals surface area contributed by atoms with Crippen LogP contribution in [0, 0.1) is 6.92 Å². The number of nitrogens with zero attached hydrogens (tertiary/aromatic N) is 1. The zero-order valence-electron chi connectivity index (χ0n) is 12.5. The van der Waals surface area contributed by atoms with Gasteiger partial charge in [0.2, 0.25) is 0 Å². The van der Waals surface area contributed by atoms with Gasteiger partial charge in [0.05, 0.1) is 13.0 Å².